The van der Waals surface area contributed by atoms with Crippen LogP contribution in [0.1, 0.15) is 6.42 Å². The van der Waals surface area contributed by atoms with E-state index in [1.807, 2.05) is 12.1 Å². The number of benzene rings is 1. The molecule has 2 rings (SSSR count). The molecule has 3 nitrogen and oxygen atoms in total. The average molecular weight is 365 g/mol. The molecule has 0 fully saturated rings. The zero-order valence-corrected chi connectivity index (χ0v) is 12.3. The zero-order chi connectivity index (χ0) is 14.5. The number of nitrogens with zero attached hydrogens (tertiary/aromatic N) is 2. The molecule has 0 saturated carbocycles. The largest absolute Gasteiger partial charge is 0.411 e. The maximum Gasteiger partial charge on any atom is 0.301 e. The lowest BCUT2D eigenvalue weighted by Crippen LogP contribution is -1.82. The number of hydrogen-bond donors (Lipinski definition) is 0. The van der Waals surface area contributed by atoms with Gasteiger partial charge in [-0.1, -0.05) is 27.7 Å². The van der Waals surface area contributed by atoms with Crippen molar-refractivity contribution >= 4 is 27.7 Å². The van der Waals surface area contributed by atoms with Gasteiger partial charge in [0.2, 0.25) is 5.89 Å². The van der Waals surface area contributed by atoms with Gasteiger partial charge in [0.05, 0.1) is 0 Å². The van der Waals surface area contributed by atoms with Gasteiger partial charge in [0.25, 0.3) is 5.22 Å². The Hall–Kier alpha value is -1.28. The van der Waals surface area contributed by atoms with Crippen LogP contribution in [-0.2, 0) is 0 Å². The van der Waals surface area contributed by atoms with Crippen LogP contribution in [0.4, 0.5) is 13.2 Å². The van der Waals surface area contributed by atoms with Crippen LogP contribution in [0, 0.1) is 0 Å². The summed E-state index contributed by atoms with van der Waals surface area (Å²) in [5.74, 6) is -0.983. The predicted octanol–water partition coefficient (Wildman–Crippen LogP) is 5.06. The topological polar surface area (TPSA) is 38.9 Å². The van der Waals surface area contributed by atoms with E-state index < -0.39 is 11.9 Å². The van der Waals surface area contributed by atoms with Gasteiger partial charge in [0.1, 0.15) is 0 Å². The van der Waals surface area contributed by atoms with Crippen LogP contribution in [0.2, 0.25) is 0 Å². The van der Waals surface area contributed by atoms with E-state index in [-0.39, 0.29) is 17.4 Å². The summed E-state index contributed by atoms with van der Waals surface area (Å²) >= 11 is 4.34. The third-order valence-electron chi connectivity index (χ3n) is 2.25. The molecule has 0 aliphatic heterocycles. The molecule has 0 bridgehead atoms. The molecule has 20 heavy (non-hydrogen) atoms. The summed E-state index contributed by atoms with van der Waals surface area (Å²) in [5, 5.41) is 7.83. The first-order valence-corrected chi connectivity index (χ1v) is 7.26. The second-order valence-corrected chi connectivity index (χ2v) is 5.61. The fourth-order valence-electron chi connectivity index (χ4n) is 1.30. The van der Waals surface area contributed by atoms with Crippen molar-refractivity contribution in [2.24, 2.45) is 0 Å². The number of halogens is 4. The molecular weight excluding hydrogens is 357 g/mol. The highest BCUT2D eigenvalue weighted by atomic mass is 79.9. The molecule has 0 radical (unpaired) electrons. The number of allylic oxidation sites excluding steroid dienone is 1. The first kappa shape index (κ1) is 15.1. The quantitative estimate of drug-likeness (QED) is 0.695. The van der Waals surface area contributed by atoms with E-state index in [0.29, 0.717) is 5.89 Å². The molecule has 2 aromatic rings. The van der Waals surface area contributed by atoms with E-state index in [1.165, 1.54) is 0 Å². The third-order valence-corrected chi connectivity index (χ3v) is 3.60. The van der Waals surface area contributed by atoms with Crippen molar-refractivity contribution < 1.29 is 17.6 Å². The molecule has 0 saturated heterocycles. The number of thioether (sulfide) groups is 1. The van der Waals surface area contributed by atoms with Crippen molar-refractivity contribution in [2.45, 2.75) is 11.6 Å². The molecule has 0 unspecified atom stereocenters. The molecule has 1 aromatic carbocycles. The van der Waals surface area contributed by atoms with E-state index >= 15 is 0 Å². The monoisotopic (exact) mass is 364 g/mol. The summed E-state index contributed by atoms with van der Waals surface area (Å²) in [6, 6.07) is 7.26. The van der Waals surface area contributed by atoms with Crippen LogP contribution in [0.15, 0.2) is 50.3 Å². The van der Waals surface area contributed by atoms with Gasteiger partial charge in [-0.25, -0.2) is 4.39 Å². The second kappa shape index (κ2) is 6.94. The number of rotatable bonds is 5. The molecule has 8 heteroatoms. The molecule has 0 atom stereocenters. The van der Waals surface area contributed by atoms with Crippen molar-refractivity contribution in [1.82, 2.24) is 10.2 Å². The fourth-order valence-corrected chi connectivity index (χ4v) is 2.26. The Morgan fingerprint density at radius 3 is 2.50 bits per heavy atom. The van der Waals surface area contributed by atoms with Crippen molar-refractivity contribution in [3.05, 3.63) is 40.6 Å². The first-order chi connectivity index (χ1) is 9.56. The van der Waals surface area contributed by atoms with Gasteiger partial charge < -0.3 is 4.42 Å². The average Bonchev–Trinajstić information content (AvgIpc) is 2.88. The summed E-state index contributed by atoms with van der Waals surface area (Å²) in [5.41, 5.74) is 0.744. The third kappa shape index (κ3) is 4.11. The Labute approximate surface area is 125 Å². The van der Waals surface area contributed by atoms with Gasteiger partial charge >= 0.3 is 6.08 Å². The number of hydrogen-bond acceptors (Lipinski definition) is 4. The van der Waals surface area contributed by atoms with Crippen LogP contribution in [-0.4, -0.2) is 16.0 Å². The minimum Gasteiger partial charge on any atom is -0.411 e. The molecular formula is C12H8BrF3N2OS. The molecule has 0 N–H and O–H groups in total. The van der Waals surface area contributed by atoms with Gasteiger partial charge in [0, 0.05) is 22.2 Å². The second-order valence-electron chi connectivity index (χ2n) is 3.64. The summed E-state index contributed by atoms with van der Waals surface area (Å²) in [7, 11) is 0. The van der Waals surface area contributed by atoms with Crippen LogP contribution >= 0.6 is 27.7 Å². The van der Waals surface area contributed by atoms with Gasteiger partial charge in [-0.2, -0.15) is 8.78 Å². The van der Waals surface area contributed by atoms with Crippen molar-refractivity contribution in [1.29, 1.82) is 0 Å². The van der Waals surface area contributed by atoms with E-state index in [9.17, 15) is 13.2 Å². The Kier molecular flexibility index (Phi) is 5.24. The highest BCUT2D eigenvalue weighted by Crippen LogP contribution is 2.26. The zero-order valence-electron chi connectivity index (χ0n) is 9.95. The summed E-state index contributed by atoms with van der Waals surface area (Å²) in [6.45, 7) is 0. The van der Waals surface area contributed by atoms with E-state index in [1.54, 1.807) is 12.1 Å². The number of aromatic nitrogens is 2. The Bertz CT molecular complexity index is 611. The van der Waals surface area contributed by atoms with Gasteiger partial charge in [-0.05, 0) is 24.3 Å². The summed E-state index contributed by atoms with van der Waals surface area (Å²) < 4.78 is 42.6. The van der Waals surface area contributed by atoms with E-state index in [2.05, 4.69) is 26.1 Å². The Balaban J connectivity index is 1.96. The van der Waals surface area contributed by atoms with Crippen molar-refractivity contribution in [3.63, 3.8) is 0 Å². The van der Waals surface area contributed by atoms with Crippen LogP contribution in [0.5, 0.6) is 0 Å². The predicted molar refractivity (Wildman–Crippen MR) is 73.1 cm³/mol. The summed E-state index contributed by atoms with van der Waals surface area (Å²) in [4.78, 5) is 0. The van der Waals surface area contributed by atoms with Gasteiger partial charge in [-0.15, -0.1) is 10.2 Å². The van der Waals surface area contributed by atoms with E-state index in [0.717, 1.165) is 21.8 Å². The van der Waals surface area contributed by atoms with Crippen LogP contribution in [0.3, 0.4) is 0 Å². The smallest absolute Gasteiger partial charge is 0.301 e. The molecule has 1 heterocycles. The van der Waals surface area contributed by atoms with Gasteiger partial charge in [-0.3, -0.25) is 0 Å². The Morgan fingerprint density at radius 1 is 1.15 bits per heavy atom. The van der Waals surface area contributed by atoms with Crippen LogP contribution in [0.25, 0.3) is 11.5 Å². The lowest BCUT2D eigenvalue weighted by molar-refractivity contribution is 0.373. The lowest BCUT2D eigenvalue weighted by atomic mass is 10.2. The maximum atomic E-state index is 12.6. The molecule has 0 spiro atoms. The summed E-state index contributed by atoms with van der Waals surface area (Å²) in [6.07, 6.45) is -2.66. The van der Waals surface area contributed by atoms with Crippen molar-refractivity contribution in [3.8, 4) is 11.5 Å². The van der Waals surface area contributed by atoms with E-state index in [4.69, 9.17) is 4.42 Å². The SMILES string of the molecule is FC(F)=C(F)CCSc1nnc(-c2ccc(Br)cc2)o1. The molecule has 0 aliphatic carbocycles. The van der Waals surface area contributed by atoms with Crippen molar-refractivity contribution in [2.75, 3.05) is 5.75 Å². The Morgan fingerprint density at radius 2 is 1.85 bits per heavy atom. The fraction of sp³-hybridized carbons (Fsp3) is 0.167. The highest BCUT2D eigenvalue weighted by molar-refractivity contribution is 9.10. The molecule has 0 amide bonds. The van der Waals surface area contributed by atoms with Gasteiger partial charge in [0.15, 0.2) is 5.83 Å². The molecule has 0 aliphatic rings. The molecule has 1 aromatic heterocycles. The highest BCUT2D eigenvalue weighted by Gasteiger charge is 2.10. The minimum atomic E-state index is -2.29. The first-order valence-electron chi connectivity index (χ1n) is 5.48. The standard InChI is InChI=1S/C12H8BrF3N2OS/c13-8-3-1-7(2-4-8)11-17-18-12(19-11)20-6-5-9(14)10(15)16/h1-4H,5-6H2. The minimum absolute atomic E-state index is 0.102. The molecule has 106 valence electrons. The normalized spacial score (nSPS) is 10.6. The maximum absolute atomic E-state index is 12.6. The lowest BCUT2D eigenvalue weighted by Gasteiger charge is -1.95. The van der Waals surface area contributed by atoms with Crippen LogP contribution < -0.4 is 0 Å².